The number of aromatic nitrogens is 2. The van der Waals surface area contributed by atoms with Crippen molar-refractivity contribution < 1.29 is 9.02 Å². The van der Waals surface area contributed by atoms with Crippen LogP contribution in [0, 0.1) is 11.2 Å². The van der Waals surface area contributed by atoms with Gasteiger partial charge in [-0.25, -0.2) is 9.02 Å². The summed E-state index contributed by atoms with van der Waals surface area (Å²) in [5.41, 5.74) is 1.84. The van der Waals surface area contributed by atoms with Crippen molar-refractivity contribution in [2.75, 3.05) is 23.7 Å². The number of rotatable bonds is 8. The Balaban J connectivity index is 1.95. The van der Waals surface area contributed by atoms with Crippen LogP contribution < -0.4 is 21.3 Å². The van der Waals surface area contributed by atoms with Crippen molar-refractivity contribution in [3.63, 3.8) is 0 Å². The van der Waals surface area contributed by atoms with E-state index < -0.39 is 0 Å². The molecule has 0 atom stereocenters. The maximum Gasteiger partial charge on any atom is 0.200 e. The van der Waals surface area contributed by atoms with Crippen molar-refractivity contribution in [1.29, 1.82) is 5.41 Å². The van der Waals surface area contributed by atoms with Crippen molar-refractivity contribution in [2.45, 2.75) is 19.9 Å². The van der Waals surface area contributed by atoms with Gasteiger partial charge in [0.25, 0.3) is 0 Å². The third-order valence-corrected chi connectivity index (χ3v) is 4.43. The molecule has 0 unspecified atom stereocenters. The van der Waals surface area contributed by atoms with E-state index in [1.165, 1.54) is 6.07 Å². The lowest BCUT2D eigenvalue weighted by molar-refractivity contribution is 0.307. The molecule has 8 nitrogen and oxygen atoms in total. The second-order valence-electron chi connectivity index (χ2n) is 5.77. The molecule has 1 aromatic heterocycles. The van der Waals surface area contributed by atoms with Crippen LogP contribution in [0.15, 0.2) is 31.4 Å². The highest BCUT2D eigenvalue weighted by Crippen LogP contribution is 2.26. The summed E-state index contributed by atoms with van der Waals surface area (Å²) in [5, 5.41) is 27.7. The zero-order valence-electron chi connectivity index (χ0n) is 14.7. The van der Waals surface area contributed by atoms with E-state index in [2.05, 4.69) is 70.1 Å². The molecular formula is C16H20BrFIN7O. The molecule has 2 rings (SSSR count). The van der Waals surface area contributed by atoms with Crippen LogP contribution in [0.4, 0.5) is 15.9 Å². The van der Waals surface area contributed by atoms with E-state index in [0.29, 0.717) is 40.5 Å². The summed E-state index contributed by atoms with van der Waals surface area (Å²) in [6.45, 7) is 4.96. The molecule has 0 spiro atoms. The molecule has 0 aliphatic rings. The molecular weight excluding hydrogens is 532 g/mol. The maximum absolute atomic E-state index is 13.4. The number of halogens is 3. The zero-order chi connectivity index (χ0) is 19.8. The van der Waals surface area contributed by atoms with Gasteiger partial charge in [0.2, 0.25) is 5.82 Å². The Labute approximate surface area is 178 Å². The van der Waals surface area contributed by atoms with Crippen LogP contribution in [0.1, 0.15) is 19.5 Å². The largest absolute Gasteiger partial charge is 0.364 e. The summed E-state index contributed by atoms with van der Waals surface area (Å²) in [7, 11) is 0. The van der Waals surface area contributed by atoms with E-state index in [1.54, 1.807) is 16.2 Å². The first-order chi connectivity index (χ1) is 12.9. The fourth-order valence-corrected chi connectivity index (χ4v) is 2.89. The molecule has 0 bridgehead atoms. The molecule has 0 amide bonds. The highest BCUT2D eigenvalue weighted by molar-refractivity contribution is 14.1. The minimum Gasteiger partial charge on any atom is -0.364 e. The van der Waals surface area contributed by atoms with E-state index in [-0.39, 0.29) is 17.8 Å². The molecule has 0 aliphatic heterocycles. The first kappa shape index (κ1) is 21.4. The number of hydrogen-bond donors (Lipinski definition) is 5. The average molecular weight is 552 g/mol. The topological polar surface area (TPSA) is 111 Å². The molecule has 0 radical (unpaired) electrons. The van der Waals surface area contributed by atoms with Crippen LogP contribution in [-0.4, -0.2) is 35.4 Å². The molecule has 0 fully saturated rings. The van der Waals surface area contributed by atoms with Gasteiger partial charge in [-0.2, -0.15) is 0 Å². The van der Waals surface area contributed by atoms with Crippen molar-refractivity contribution in [1.82, 2.24) is 20.9 Å². The molecule has 2 aromatic rings. The summed E-state index contributed by atoms with van der Waals surface area (Å²) < 4.78 is 20.4. The summed E-state index contributed by atoms with van der Waals surface area (Å²) >= 11 is 5.24. The predicted molar refractivity (Wildman–Crippen MR) is 117 cm³/mol. The fourth-order valence-electron chi connectivity index (χ4n) is 2.06. The summed E-state index contributed by atoms with van der Waals surface area (Å²) in [4.78, 5) is 0. The van der Waals surface area contributed by atoms with E-state index in [4.69, 9.17) is 10.0 Å². The number of hydrogen-bond acceptors (Lipinski definition) is 6. The van der Waals surface area contributed by atoms with Gasteiger partial charge in [-0.05, 0) is 58.3 Å². The van der Waals surface area contributed by atoms with Crippen LogP contribution >= 0.6 is 38.5 Å². The molecule has 0 saturated heterocycles. The number of anilines is 2. The zero-order valence-corrected chi connectivity index (χ0v) is 18.5. The second-order valence-corrected chi connectivity index (χ2v) is 7.24. The van der Waals surface area contributed by atoms with E-state index in [9.17, 15) is 4.39 Å². The highest BCUT2D eigenvalue weighted by Gasteiger charge is 2.15. The molecule has 1 heterocycles. The van der Waals surface area contributed by atoms with Gasteiger partial charge in [0.1, 0.15) is 5.82 Å². The Kier molecular flexibility index (Phi) is 8.28. The standard InChI is InChI=1S/C16H20BrFIN7O/c1-9(2)23-16(20)22-6-5-21-15-14(25-27-26-15)13(8-19)24-10-3-4-12(18)11(17)7-10/h3-4,7-9,24H,5-6H2,1-2H3,(H,21,26)(H3,20,22,23)/b13-8-. The summed E-state index contributed by atoms with van der Waals surface area (Å²) in [6.07, 6.45) is 0. The third kappa shape index (κ3) is 6.65. The Morgan fingerprint density at radius 1 is 1.37 bits per heavy atom. The van der Waals surface area contributed by atoms with Gasteiger partial charge < -0.3 is 21.3 Å². The molecule has 11 heteroatoms. The lowest BCUT2D eigenvalue weighted by Crippen LogP contribution is -2.41. The van der Waals surface area contributed by atoms with Gasteiger partial charge in [0, 0.05) is 28.9 Å². The summed E-state index contributed by atoms with van der Waals surface area (Å²) in [6, 6.07) is 4.81. The molecule has 146 valence electrons. The molecule has 5 N–H and O–H groups in total. The van der Waals surface area contributed by atoms with Crippen LogP contribution in [0.2, 0.25) is 0 Å². The van der Waals surface area contributed by atoms with E-state index in [0.717, 1.165) is 0 Å². The van der Waals surface area contributed by atoms with Gasteiger partial charge in [-0.3, -0.25) is 5.41 Å². The highest BCUT2D eigenvalue weighted by atomic mass is 127. The number of nitrogens with one attached hydrogen (secondary N) is 5. The maximum atomic E-state index is 13.4. The first-order valence-corrected chi connectivity index (χ1v) is 10.1. The third-order valence-electron chi connectivity index (χ3n) is 3.20. The Morgan fingerprint density at radius 2 is 2.15 bits per heavy atom. The van der Waals surface area contributed by atoms with Crippen LogP contribution in [-0.2, 0) is 0 Å². The lowest BCUT2D eigenvalue weighted by atomic mass is 10.2. The Bertz CT molecular complexity index is 812. The second kappa shape index (κ2) is 10.4. The molecule has 27 heavy (non-hydrogen) atoms. The molecule has 1 aromatic carbocycles. The van der Waals surface area contributed by atoms with Gasteiger partial charge in [-0.15, -0.1) is 0 Å². The van der Waals surface area contributed by atoms with Crippen molar-refractivity contribution >= 4 is 61.7 Å². The van der Waals surface area contributed by atoms with Crippen molar-refractivity contribution in [2.24, 2.45) is 0 Å². The van der Waals surface area contributed by atoms with Crippen molar-refractivity contribution in [3.8, 4) is 0 Å². The monoisotopic (exact) mass is 551 g/mol. The van der Waals surface area contributed by atoms with Crippen LogP contribution in [0.3, 0.4) is 0 Å². The minimum absolute atomic E-state index is 0.193. The number of nitrogens with zero attached hydrogens (tertiary/aromatic N) is 2. The quantitative estimate of drug-likeness (QED) is 0.147. The Hall–Kier alpha value is -1.89. The van der Waals surface area contributed by atoms with Gasteiger partial charge >= 0.3 is 0 Å². The predicted octanol–water partition coefficient (Wildman–Crippen LogP) is 3.75. The van der Waals surface area contributed by atoms with Crippen molar-refractivity contribution in [3.05, 3.63) is 38.3 Å². The van der Waals surface area contributed by atoms with Crippen LogP contribution in [0.25, 0.3) is 5.70 Å². The molecule has 0 saturated carbocycles. The van der Waals surface area contributed by atoms with Crippen LogP contribution in [0.5, 0.6) is 0 Å². The van der Waals surface area contributed by atoms with E-state index in [1.807, 2.05) is 13.8 Å². The molecule has 0 aliphatic carbocycles. The number of guanidine groups is 1. The van der Waals surface area contributed by atoms with Gasteiger partial charge in [0.05, 0.1) is 10.2 Å². The average Bonchev–Trinajstić information content (AvgIpc) is 3.07. The minimum atomic E-state index is -0.337. The normalized spacial score (nSPS) is 11.4. The number of benzene rings is 1. The first-order valence-electron chi connectivity index (χ1n) is 8.09. The fraction of sp³-hybridized carbons (Fsp3) is 0.312. The SMILES string of the molecule is CC(C)NC(=N)NCCNc1nonc1/C(=C/I)Nc1ccc(F)c(Br)c1. The summed E-state index contributed by atoms with van der Waals surface area (Å²) in [5.74, 6) is 0.398. The van der Waals surface area contributed by atoms with E-state index >= 15 is 0 Å². The lowest BCUT2D eigenvalue weighted by Gasteiger charge is -2.13. The Morgan fingerprint density at radius 3 is 2.81 bits per heavy atom. The smallest absolute Gasteiger partial charge is 0.200 e. The van der Waals surface area contributed by atoms with Gasteiger partial charge in [-0.1, -0.05) is 22.6 Å². The van der Waals surface area contributed by atoms with Gasteiger partial charge in [0.15, 0.2) is 11.7 Å².